The molecular formula is C29H26N8O. The molecule has 9 nitrogen and oxygen atoms in total. The second-order valence-corrected chi connectivity index (χ2v) is 9.11. The number of aromatic nitrogens is 5. The number of pyridine rings is 3. The summed E-state index contributed by atoms with van der Waals surface area (Å²) in [6.45, 7) is 2.07. The highest BCUT2D eigenvalue weighted by atomic mass is 16.1. The molecule has 5 aromatic rings. The monoisotopic (exact) mass is 502 g/mol. The Morgan fingerprint density at radius 1 is 0.895 bits per heavy atom. The molecule has 1 aliphatic rings. The number of amides is 1. The molecule has 0 atom stereocenters. The molecule has 0 radical (unpaired) electrons. The number of hydrogen-bond acceptors (Lipinski definition) is 7. The van der Waals surface area contributed by atoms with Crippen LogP contribution in [0.3, 0.4) is 0 Å². The largest absolute Gasteiger partial charge is 0.337 e. The van der Waals surface area contributed by atoms with Crippen molar-refractivity contribution in [3.8, 4) is 22.3 Å². The molecule has 1 amide bonds. The Balaban J connectivity index is 1.35. The van der Waals surface area contributed by atoms with Crippen LogP contribution in [0, 0.1) is 0 Å². The van der Waals surface area contributed by atoms with E-state index in [1.165, 1.54) is 0 Å². The molecule has 0 bridgehead atoms. The normalized spacial score (nSPS) is 12.3. The van der Waals surface area contributed by atoms with Crippen LogP contribution < -0.4 is 16.2 Å². The molecule has 188 valence electrons. The first-order valence-corrected chi connectivity index (χ1v) is 12.6. The first-order valence-electron chi connectivity index (χ1n) is 12.6. The number of fused-ring (bicyclic) bond motifs is 2. The third kappa shape index (κ3) is 4.57. The topological polar surface area (TPSA) is 121 Å². The lowest BCUT2D eigenvalue weighted by molar-refractivity contribution is -0.116. The van der Waals surface area contributed by atoms with Gasteiger partial charge in [-0.1, -0.05) is 19.4 Å². The lowest BCUT2D eigenvalue weighted by Crippen LogP contribution is -2.21. The maximum atomic E-state index is 12.2. The van der Waals surface area contributed by atoms with Crippen molar-refractivity contribution in [3.05, 3.63) is 91.2 Å². The Morgan fingerprint density at radius 2 is 1.76 bits per heavy atom. The van der Waals surface area contributed by atoms with Crippen molar-refractivity contribution in [2.24, 2.45) is 0 Å². The zero-order valence-electron chi connectivity index (χ0n) is 20.8. The SMILES string of the molecule is CCCCC(=O)Nc1cncc(-c2ccc3c(c2)C(c2nc4c(-c5ccncc5)cncc4[nH]2)=CNN3)c1. The molecule has 1 aliphatic heterocycles. The van der Waals surface area contributed by atoms with Crippen LogP contribution in [-0.4, -0.2) is 30.8 Å². The second kappa shape index (κ2) is 10.1. The number of aromatic amines is 1. The number of anilines is 2. The van der Waals surface area contributed by atoms with Gasteiger partial charge in [0.05, 0.1) is 34.8 Å². The van der Waals surface area contributed by atoms with Crippen LogP contribution in [0.2, 0.25) is 0 Å². The van der Waals surface area contributed by atoms with Gasteiger partial charge in [-0.2, -0.15) is 0 Å². The zero-order valence-corrected chi connectivity index (χ0v) is 20.8. The minimum atomic E-state index is 0.00208. The van der Waals surface area contributed by atoms with Crippen LogP contribution in [0.25, 0.3) is 38.9 Å². The minimum Gasteiger partial charge on any atom is -0.337 e. The van der Waals surface area contributed by atoms with Gasteiger partial charge in [-0.15, -0.1) is 0 Å². The van der Waals surface area contributed by atoms with Crippen molar-refractivity contribution in [1.82, 2.24) is 30.3 Å². The van der Waals surface area contributed by atoms with Gasteiger partial charge in [-0.3, -0.25) is 19.7 Å². The lowest BCUT2D eigenvalue weighted by Gasteiger charge is -2.20. The molecule has 6 rings (SSSR count). The fourth-order valence-electron chi connectivity index (χ4n) is 4.55. The van der Waals surface area contributed by atoms with Gasteiger partial charge in [0.2, 0.25) is 5.91 Å². The number of rotatable bonds is 7. The lowest BCUT2D eigenvalue weighted by atomic mass is 9.97. The van der Waals surface area contributed by atoms with Crippen molar-refractivity contribution >= 4 is 33.9 Å². The summed E-state index contributed by atoms with van der Waals surface area (Å²) in [4.78, 5) is 33.5. The van der Waals surface area contributed by atoms with Crippen LogP contribution in [-0.2, 0) is 4.79 Å². The van der Waals surface area contributed by atoms with Crippen molar-refractivity contribution in [2.75, 3.05) is 10.7 Å². The number of carbonyl (C=O) groups is 1. The molecule has 9 heteroatoms. The number of H-pyrrole nitrogens is 1. The summed E-state index contributed by atoms with van der Waals surface area (Å²) in [5.41, 5.74) is 15.4. The average molecular weight is 503 g/mol. The average Bonchev–Trinajstić information content (AvgIpc) is 3.40. The molecule has 0 aliphatic carbocycles. The first kappa shape index (κ1) is 23.4. The van der Waals surface area contributed by atoms with Crippen LogP contribution in [0.15, 0.2) is 79.8 Å². The van der Waals surface area contributed by atoms with E-state index in [0.29, 0.717) is 12.1 Å². The van der Waals surface area contributed by atoms with E-state index in [9.17, 15) is 4.79 Å². The van der Waals surface area contributed by atoms with E-state index in [1.54, 1.807) is 31.0 Å². The molecule has 38 heavy (non-hydrogen) atoms. The molecule has 4 N–H and O–H groups in total. The van der Waals surface area contributed by atoms with Crippen LogP contribution in [0.1, 0.15) is 37.6 Å². The summed E-state index contributed by atoms with van der Waals surface area (Å²) in [7, 11) is 0. The van der Waals surface area contributed by atoms with Gasteiger partial charge in [0.25, 0.3) is 0 Å². The Bertz CT molecular complexity index is 1660. The summed E-state index contributed by atoms with van der Waals surface area (Å²) >= 11 is 0. The van der Waals surface area contributed by atoms with Crippen molar-refractivity contribution < 1.29 is 4.79 Å². The summed E-state index contributed by atoms with van der Waals surface area (Å²) in [6.07, 6.45) is 14.8. The van der Waals surface area contributed by atoms with E-state index >= 15 is 0 Å². The highest BCUT2D eigenvalue weighted by molar-refractivity contribution is 5.95. The number of unbranched alkanes of at least 4 members (excludes halogenated alkanes) is 1. The number of benzene rings is 1. The summed E-state index contributed by atoms with van der Waals surface area (Å²) < 4.78 is 0. The number of imidazole rings is 1. The quantitative estimate of drug-likeness (QED) is 0.231. The van der Waals surface area contributed by atoms with Gasteiger partial charge < -0.3 is 21.2 Å². The van der Waals surface area contributed by atoms with Gasteiger partial charge >= 0.3 is 0 Å². The minimum absolute atomic E-state index is 0.00208. The molecule has 0 saturated heterocycles. The summed E-state index contributed by atoms with van der Waals surface area (Å²) in [5, 5.41) is 2.96. The van der Waals surface area contributed by atoms with E-state index in [4.69, 9.17) is 4.98 Å². The smallest absolute Gasteiger partial charge is 0.224 e. The fourth-order valence-corrected chi connectivity index (χ4v) is 4.55. The Morgan fingerprint density at radius 3 is 2.63 bits per heavy atom. The molecule has 0 unspecified atom stereocenters. The van der Waals surface area contributed by atoms with Crippen LogP contribution in [0.5, 0.6) is 0 Å². The van der Waals surface area contributed by atoms with Gasteiger partial charge in [-0.25, -0.2) is 4.98 Å². The Hall–Kier alpha value is -5.05. The van der Waals surface area contributed by atoms with Gasteiger partial charge in [-0.05, 0) is 47.9 Å². The van der Waals surface area contributed by atoms with Crippen LogP contribution in [0.4, 0.5) is 11.4 Å². The predicted octanol–water partition coefficient (Wildman–Crippen LogP) is 5.53. The van der Waals surface area contributed by atoms with Crippen molar-refractivity contribution in [2.45, 2.75) is 26.2 Å². The van der Waals surface area contributed by atoms with E-state index < -0.39 is 0 Å². The van der Waals surface area contributed by atoms with E-state index in [-0.39, 0.29) is 5.91 Å². The fraction of sp³-hybridized carbons (Fsp3) is 0.138. The van der Waals surface area contributed by atoms with Crippen molar-refractivity contribution in [1.29, 1.82) is 0 Å². The highest BCUT2D eigenvalue weighted by Crippen LogP contribution is 2.36. The maximum Gasteiger partial charge on any atom is 0.224 e. The van der Waals surface area contributed by atoms with Crippen LogP contribution >= 0.6 is 0 Å². The number of nitrogens with one attached hydrogen (secondary N) is 4. The zero-order chi connectivity index (χ0) is 25.9. The molecule has 0 saturated carbocycles. The number of hydrazine groups is 1. The number of hydrogen-bond donors (Lipinski definition) is 4. The standard InChI is InChI=1S/C29H26N8O/c1-2-3-4-27(38)34-21-11-20(13-31-14-21)19-5-6-25-22(12-19)24(16-33-37-25)29-35-26-17-32-15-23(28(26)36-29)18-7-9-30-10-8-18/h5-17,33,37H,2-4H2,1H3,(H,34,38)(H,35,36). The van der Waals surface area contributed by atoms with Gasteiger partial charge in [0.15, 0.2) is 0 Å². The third-order valence-electron chi connectivity index (χ3n) is 6.49. The molecule has 5 heterocycles. The highest BCUT2D eigenvalue weighted by Gasteiger charge is 2.20. The predicted molar refractivity (Wildman–Crippen MR) is 149 cm³/mol. The third-order valence-corrected chi connectivity index (χ3v) is 6.49. The molecule has 0 fully saturated rings. The van der Waals surface area contributed by atoms with Gasteiger partial charge in [0, 0.05) is 59.7 Å². The molecule has 4 aromatic heterocycles. The second-order valence-electron chi connectivity index (χ2n) is 9.11. The Labute approximate surface area is 219 Å². The number of nitrogens with zero attached hydrogens (tertiary/aromatic N) is 4. The molecule has 1 aromatic carbocycles. The van der Waals surface area contributed by atoms with E-state index in [1.807, 2.05) is 42.7 Å². The van der Waals surface area contributed by atoms with Gasteiger partial charge in [0.1, 0.15) is 5.82 Å². The van der Waals surface area contributed by atoms with E-state index in [2.05, 4.69) is 49.1 Å². The summed E-state index contributed by atoms with van der Waals surface area (Å²) in [5.74, 6) is 0.730. The summed E-state index contributed by atoms with van der Waals surface area (Å²) in [6, 6.07) is 12.0. The first-order chi connectivity index (χ1) is 18.7. The Kier molecular flexibility index (Phi) is 6.23. The maximum absolute atomic E-state index is 12.2. The molecule has 0 spiro atoms. The number of carbonyl (C=O) groups excluding carboxylic acids is 1. The van der Waals surface area contributed by atoms with E-state index in [0.717, 1.165) is 68.8 Å². The van der Waals surface area contributed by atoms with Crippen molar-refractivity contribution in [3.63, 3.8) is 0 Å². The molecular weight excluding hydrogens is 476 g/mol.